The average molecular weight is 260 g/mol. The van der Waals surface area contributed by atoms with Crippen LogP contribution in [0.25, 0.3) is 0 Å². The molecule has 2 nitrogen and oxygen atoms in total. The monoisotopic (exact) mass is 260 g/mol. The minimum atomic E-state index is 0.254. The molecule has 0 bridgehead atoms. The Morgan fingerprint density at radius 3 is 2.37 bits per heavy atom. The maximum absolute atomic E-state index is 6.18. The number of nitrogens with zero attached hydrogens (tertiary/aromatic N) is 1. The van der Waals surface area contributed by atoms with Gasteiger partial charge in [0.25, 0.3) is 0 Å². The van der Waals surface area contributed by atoms with Gasteiger partial charge in [-0.25, -0.2) is 0 Å². The maximum atomic E-state index is 6.18. The third-order valence-electron chi connectivity index (χ3n) is 4.54. The zero-order valence-electron chi connectivity index (χ0n) is 12.3. The fraction of sp³-hybridized carbons (Fsp3) is 0.647. The van der Waals surface area contributed by atoms with Gasteiger partial charge in [0.1, 0.15) is 0 Å². The quantitative estimate of drug-likeness (QED) is 0.847. The van der Waals surface area contributed by atoms with E-state index in [1.165, 1.54) is 44.1 Å². The molecular formula is C17H28N2. The Bertz CT molecular complexity index is 355. The average Bonchev–Trinajstić information content (AvgIpc) is 2.48. The van der Waals surface area contributed by atoms with Gasteiger partial charge in [0.2, 0.25) is 0 Å². The van der Waals surface area contributed by atoms with E-state index in [1.54, 1.807) is 0 Å². The van der Waals surface area contributed by atoms with E-state index >= 15 is 0 Å². The van der Waals surface area contributed by atoms with E-state index in [2.05, 4.69) is 42.2 Å². The smallest absolute Gasteiger partial charge is 0.0335 e. The van der Waals surface area contributed by atoms with E-state index in [9.17, 15) is 0 Å². The third-order valence-corrected chi connectivity index (χ3v) is 4.54. The zero-order valence-corrected chi connectivity index (χ0v) is 12.3. The number of nitrogens with two attached hydrogens (primary N) is 1. The summed E-state index contributed by atoms with van der Waals surface area (Å²) >= 11 is 0. The summed E-state index contributed by atoms with van der Waals surface area (Å²) in [5, 5.41) is 0. The molecule has 0 unspecified atom stereocenters. The second-order valence-electron chi connectivity index (χ2n) is 5.90. The number of benzene rings is 1. The summed E-state index contributed by atoms with van der Waals surface area (Å²) < 4.78 is 0. The standard InChI is InChI=1S/C17H28N2/c1-2-13-19(14-16-9-5-3-6-10-16)17(15-18)11-7-4-8-12-17/h3,5-6,9-10H,2,4,7-8,11-15,18H2,1H3. The molecule has 1 saturated carbocycles. The van der Waals surface area contributed by atoms with E-state index < -0.39 is 0 Å². The van der Waals surface area contributed by atoms with Crippen molar-refractivity contribution >= 4 is 0 Å². The van der Waals surface area contributed by atoms with Gasteiger partial charge in [-0.2, -0.15) is 0 Å². The van der Waals surface area contributed by atoms with E-state index in [4.69, 9.17) is 5.73 Å². The Morgan fingerprint density at radius 1 is 1.11 bits per heavy atom. The first-order valence-corrected chi connectivity index (χ1v) is 7.80. The number of hydrogen-bond acceptors (Lipinski definition) is 2. The summed E-state index contributed by atoms with van der Waals surface area (Å²) in [7, 11) is 0. The van der Waals surface area contributed by atoms with Crippen LogP contribution >= 0.6 is 0 Å². The highest BCUT2D eigenvalue weighted by Gasteiger charge is 2.36. The summed E-state index contributed by atoms with van der Waals surface area (Å²) in [6.07, 6.45) is 7.81. The van der Waals surface area contributed by atoms with Gasteiger partial charge in [0.05, 0.1) is 0 Å². The molecule has 0 aromatic heterocycles. The summed E-state index contributed by atoms with van der Waals surface area (Å²) in [6.45, 7) is 5.28. The van der Waals surface area contributed by atoms with Crippen molar-refractivity contribution in [1.29, 1.82) is 0 Å². The van der Waals surface area contributed by atoms with Crippen molar-refractivity contribution in [3.8, 4) is 0 Å². The highest BCUT2D eigenvalue weighted by molar-refractivity contribution is 5.15. The molecule has 0 aliphatic heterocycles. The first kappa shape index (κ1) is 14.5. The lowest BCUT2D eigenvalue weighted by Crippen LogP contribution is -2.54. The fourth-order valence-corrected chi connectivity index (χ4v) is 3.42. The maximum Gasteiger partial charge on any atom is 0.0335 e. The van der Waals surface area contributed by atoms with Crippen LogP contribution in [-0.2, 0) is 6.54 Å². The highest BCUT2D eigenvalue weighted by Crippen LogP contribution is 2.34. The van der Waals surface area contributed by atoms with Crippen LogP contribution in [0.2, 0.25) is 0 Å². The lowest BCUT2D eigenvalue weighted by atomic mass is 9.80. The molecule has 1 aliphatic rings. The van der Waals surface area contributed by atoms with Crippen molar-refractivity contribution in [3.05, 3.63) is 35.9 Å². The predicted octanol–water partition coefficient (Wildman–Crippen LogP) is 3.56. The Balaban J connectivity index is 2.13. The third kappa shape index (κ3) is 3.58. The van der Waals surface area contributed by atoms with E-state index in [1.807, 2.05) is 0 Å². The van der Waals surface area contributed by atoms with Gasteiger partial charge in [-0.1, -0.05) is 56.5 Å². The SMILES string of the molecule is CCCN(Cc1ccccc1)C1(CN)CCCCC1. The molecule has 1 aromatic carbocycles. The summed E-state index contributed by atoms with van der Waals surface area (Å²) in [5.74, 6) is 0. The lowest BCUT2D eigenvalue weighted by Gasteiger charge is -2.46. The van der Waals surface area contributed by atoms with E-state index in [0.29, 0.717) is 0 Å². The largest absolute Gasteiger partial charge is 0.329 e. The van der Waals surface area contributed by atoms with Gasteiger partial charge in [0, 0.05) is 18.6 Å². The molecule has 2 heteroatoms. The second kappa shape index (κ2) is 7.06. The molecule has 0 atom stereocenters. The Morgan fingerprint density at radius 2 is 1.79 bits per heavy atom. The normalized spacial score (nSPS) is 18.7. The van der Waals surface area contributed by atoms with Crippen molar-refractivity contribution in [1.82, 2.24) is 4.90 Å². The number of hydrogen-bond donors (Lipinski definition) is 1. The van der Waals surface area contributed by atoms with Gasteiger partial charge in [-0.3, -0.25) is 4.90 Å². The molecule has 0 saturated heterocycles. The van der Waals surface area contributed by atoms with Gasteiger partial charge >= 0.3 is 0 Å². The Hall–Kier alpha value is -0.860. The predicted molar refractivity (Wildman–Crippen MR) is 82.0 cm³/mol. The van der Waals surface area contributed by atoms with Gasteiger partial charge in [0.15, 0.2) is 0 Å². The Kier molecular flexibility index (Phi) is 5.41. The molecule has 106 valence electrons. The minimum absolute atomic E-state index is 0.254. The molecule has 0 spiro atoms. The van der Waals surface area contributed by atoms with Crippen LogP contribution in [0.1, 0.15) is 51.0 Å². The summed E-state index contributed by atoms with van der Waals surface area (Å²) in [5.41, 5.74) is 7.85. The van der Waals surface area contributed by atoms with Gasteiger partial charge in [-0.15, -0.1) is 0 Å². The topological polar surface area (TPSA) is 29.3 Å². The minimum Gasteiger partial charge on any atom is -0.329 e. The second-order valence-corrected chi connectivity index (χ2v) is 5.90. The first-order chi connectivity index (χ1) is 9.30. The van der Waals surface area contributed by atoms with Crippen LogP contribution in [0.3, 0.4) is 0 Å². The van der Waals surface area contributed by atoms with Crippen molar-refractivity contribution in [2.75, 3.05) is 13.1 Å². The fourth-order valence-electron chi connectivity index (χ4n) is 3.42. The molecule has 1 aromatic rings. The zero-order chi connectivity index (χ0) is 13.6. The van der Waals surface area contributed by atoms with Gasteiger partial charge < -0.3 is 5.73 Å². The highest BCUT2D eigenvalue weighted by atomic mass is 15.2. The van der Waals surface area contributed by atoms with Crippen LogP contribution in [0.4, 0.5) is 0 Å². The van der Waals surface area contributed by atoms with Crippen molar-refractivity contribution in [2.24, 2.45) is 5.73 Å². The molecule has 0 heterocycles. The van der Waals surface area contributed by atoms with E-state index in [-0.39, 0.29) is 5.54 Å². The molecule has 19 heavy (non-hydrogen) atoms. The molecule has 2 rings (SSSR count). The molecule has 0 amide bonds. The number of rotatable bonds is 6. The van der Waals surface area contributed by atoms with Crippen LogP contribution in [0.5, 0.6) is 0 Å². The van der Waals surface area contributed by atoms with Crippen LogP contribution in [-0.4, -0.2) is 23.5 Å². The lowest BCUT2D eigenvalue weighted by molar-refractivity contribution is 0.0495. The van der Waals surface area contributed by atoms with Gasteiger partial charge in [-0.05, 0) is 31.4 Å². The molecule has 1 aliphatic carbocycles. The summed E-state index contributed by atoms with van der Waals surface area (Å²) in [4.78, 5) is 2.65. The molecular weight excluding hydrogens is 232 g/mol. The van der Waals surface area contributed by atoms with Crippen LogP contribution in [0, 0.1) is 0 Å². The van der Waals surface area contributed by atoms with Crippen molar-refractivity contribution in [2.45, 2.75) is 57.5 Å². The Labute approximate surface area is 118 Å². The molecule has 1 fully saturated rings. The van der Waals surface area contributed by atoms with Crippen molar-refractivity contribution < 1.29 is 0 Å². The van der Waals surface area contributed by atoms with Crippen molar-refractivity contribution in [3.63, 3.8) is 0 Å². The first-order valence-electron chi connectivity index (χ1n) is 7.80. The van der Waals surface area contributed by atoms with Crippen LogP contribution in [0.15, 0.2) is 30.3 Å². The van der Waals surface area contributed by atoms with E-state index in [0.717, 1.165) is 19.6 Å². The van der Waals surface area contributed by atoms with Crippen LogP contribution < -0.4 is 5.73 Å². The molecule has 2 N–H and O–H groups in total. The summed E-state index contributed by atoms with van der Waals surface area (Å²) in [6, 6.07) is 10.8. The molecule has 0 radical (unpaired) electrons.